The molecule has 3 aromatic carbocycles. The van der Waals surface area contributed by atoms with Gasteiger partial charge in [-0.15, -0.1) is 0 Å². The van der Waals surface area contributed by atoms with Gasteiger partial charge in [-0.1, -0.05) is 78.9 Å². The first-order chi connectivity index (χ1) is 16.7. The number of carbonyl (C=O) groups excluding carboxylic acids is 1. The largest absolute Gasteiger partial charge is 0.367 e. The van der Waals surface area contributed by atoms with Crippen LogP contribution >= 0.6 is 0 Å². The summed E-state index contributed by atoms with van der Waals surface area (Å²) in [6.45, 7) is 4.71. The lowest BCUT2D eigenvalue weighted by Gasteiger charge is -2.49. The van der Waals surface area contributed by atoms with Crippen LogP contribution in [0.1, 0.15) is 54.6 Å². The Morgan fingerprint density at radius 3 is 2.29 bits per heavy atom. The van der Waals surface area contributed by atoms with Gasteiger partial charge in [0.1, 0.15) is 0 Å². The van der Waals surface area contributed by atoms with Crippen molar-refractivity contribution in [2.45, 2.75) is 50.4 Å². The van der Waals surface area contributed by atoms with E-state index in [1.54, 1.807) is 0 Å². The van der Waals surface area contributed by atoms with E-state index in [0.717, 1.165) is 55.5 Å². The van der Waals surface area contributed by atoms with E-state index < -0.39 is 0 Å². The van der Waals surface area contributed by atoms with Crippen molar-refractivity contribution in [1.82, 2.24) is 10.2 Å². The highest BCUT2D eigenvalue weighted by Crippen LogP contribution is 2.44. The number of nitrogens with zero attached hydrogens (tertiary/aromatic N) is 1. The summed E-state index contributed by atoms with van der Waals surface area (Å²) in [7, 11) is 0. The quantitative estimate of drug-likeness (QED) is 0.525. The minimum Gasteiger partial charge on any atom is -0.367 e. The molecule has 0 bridgehead atoms. The maximum absolute atomic E-state index is 14.1. The minimum absolute atomic E-state index is 0.00395. The molecule has 4 nitrogen and oxygen atoms in total. The van der Waals surface area contributed by atoms with Crippen molar-refractivity contribution in [2.75, 3.05) is 19.6 Å². The van der Waals surface area contributed by atoms with E-state index in [2.05, 4.69) is 59.6 Å². The number of hydrogen-bond acceptors (Lipinski definition) is 3. The van der Waals surface area contributed by atoms with Gasteiger partial charge in [-0.3, -0.25) is 4.79 Å². The van der Waals surface area contributed by atoms with Crippen LogP contribution in [0.4, 0.5) is 0 Å². The second kappa shape index (κ2) is 10.1. The van der Waals surface area contributed by atoms with Crippen LogP contribution in [0.5, 0.6) is 0 Å². The van der Waals surface area contributed by atoms with Crippen LogP contribution in [-0.4, -0.2) is 42.1 Å². The average molecular weight is 455 g/mol. The minimum atomic E-state index is -0.179. The number of benzene rings is 3. The number of hydrogen-bond donors (Lipinski definition) is 1. The van der Waals surface area contributed by atoms with Crippen molar-refractivity contribution in [2.24, 2.45) is 0 Å². The van der Waals surface area contributed by atoms with Gasteiger partial charge < -0.3 is 15.0 Å². The molecule has 4 heteroatoms. The van der Waals surface area contributed by atoms with E-state index in [4.69, 9.17) is 4.74 Å². The zero-order chi connectivity index (χ0) is 23.4. The van der Waals surface area contributed by atoms with Gasteiger partial charge in [-0.05, 0) is 68.5 Å². The Hall–Kier alpha value is -2.95. The topological polar surface area (TPSA) is 41.6 Å². The van der Waals surface area contributed by atoms with Crippen LogP contribution in [0.15, 0.2) is 84.9 Å². The summed E-state index contributed by atoms with van der Waals surface area (Å²) in [5.41, 5.74) is 3.87. The summed E-state index contributed by atoms with van der Waals surface area (Å²) in [6.07, 6.45) is 3.69. The van der Waals surface area contributed by atoms with E-state index >= 15 is 0 Å². The van der Waals surface area contributed by atoms with E-state index in [1.807, 2.05) is 42.5 Å². The maximum Gasteiger partial charge on any atom is 0.254 e. The van der Waals surface area contributed by atoms with Crippen molar-refractivity contribution in [3.63, 3.8) is 0 Å². The van der Waals surface area contributed by atoms with Crippen molar-refractivity contribution in [3.05, 3.63) is 96.1 Å². The number of carbonyl (C=O) groups is 1. The molecule has 0 aliphatic carbocycles. The van der Waals surface area contributed by atoms with Gasteiger partial charge in [0, 0.05) is 18.2 Å². The molecule has 1 amide bonds. The van der Waals surface area contributed by atoms with Crippen molar-refractivity contribution < 1.29 is 9.53 Å². The monoisotopic (exact) mass is 454 g/mol. The smallest absolute Gasteiger partial charge is 0.254 e. The Morgan fingerprint density at radius 2 is 1.59 bits per heavy atom. The van der Waals surface area contributed by atoms with Crippen molar-refractivity contribution in [1.29, 1.82) is 0 Å². The van der Waals surface area contributed by atoms with E-state index in [1.165, 1.54) is 5.56 Å². The van der Waals surface area contributed by atoms with Gasteiger partial charge in [0.25, 0.3) is 5.91 Å². The molecule has 2 atom stereocenters. The molecular weight excluding hydrogens is 420 g/mol. The molecule has 2 unspecified atom stereocenters. The summed E-state index contributed by atoms with van der Waals surface area (Å²) in [6, 6.07) is 28.9. The van der Waals surface area contributed by atoms with Crippen molar-refractivity contribution >= 4 is 5.91 Å². The normalized spacial score (nSPS) is 21.8. The second-order valence-corrected chi connectivity index (χ2v) is 9.55. The Bertz CT molecular complexity index is 1090. The fourth-order valence-electron chi connectivity index (χ4n) is 5.73. The van der Waals surface area contributed by atoms with Crippen LogP contribution in [0.3, 0.4) is 0 Å². The fourth-order valence-corrected chi connectivity index (χ4v) is 5.73. The summed E-state index contributed by atoms with van der Waals surface area (Å²) in [5, 5.41) is 3.48. The molecule has 5 rings (SSSR count). The summed E-state index contributed by atoms with van der Waals surface area (Å²) in [5.74, 6) is 0.116. The molecule has 0 saturated carbocycles. The van der Waals surface area contributed by atoms with Crippen molar-refractivity contribution in [3.8, 4) is 11.1 Å². The zero-order valence-corrected chi connectivity index (χ0v) is 20.0. The number of piperidine rings is 1. The third-order valence-corrected chi connectivity index (χ3v) is 7.46. The highest BCUT2D eigenvalue weighted by molar-refractivity contribution is 6.01. The Labute approximate surface area is 202 Å². The average Bonchev–Trinajstić information content (AvgIpc) is 2.90. The molecule has 1 spiro atoms. The first kappa shape index (κ1) is 22.8. The number of rotatable bonds is 5. The molecule has 1 N–H and O–H groups in total. The van der Waals surface area contributed by atoms with Crippen LogP contribution in [0.2, 0.25) is 0 Å². The summed E-state index contributed by atoms with van der Waals surface area (Å²) < 4.78 is 6.83. The van der Waals surface area contributed by atoms with Gasteiger partial charge in [0.05, 0.1) is 11.7 Å². The first-order valence-electron chi connectivity index (χ1n) is 12.6. The lowest BCUT2D eigenvalue weighted by Crippen LogP contribution is -2.54. The molecule has 2 saturated heterocycles. The molecule has 3 aromatic rings. The first-order valence-corrected chi connectivity index (χ1v) is 12.6. The predicted octanol–water partition coefficient (Wildman–Crippen LogP) is 5.86. The SMILES string of the molecule is CCN(C(=O)c1ccccc1-c1ccccc1)C1CC(c2ccccc2)OC2(CCNCC2)C1. The van der Waals surface area contributed by atoms with Crippen LogP contribution in [0, 0.1) is 0 Å². The number of amides is 1. The molecule has 0 radical (unpaired) electrons. The number of nitrogens with one attached hydrogen (secondary N) is 1. The van der Waals surface area contributed by atoms with E-state index in [9.17, 15) is 4.79 Å². The third-order valence-electron chi connectivity index (χ3n) is 7.46. The third kappa shape index (κ3) is 4.66. The van der Waals surface area contributed by atoms with Gasteiger partial charge in [-0.25, -0.2) is 0 Å². The standard InChI is InChI=1S/C30H34N2O2/c1-2-32(29(33)27-16-10-9-15-26(27)23-11-5-3-6-12-23)25-21-28(24-13-7-4-8-14-24)34-30(22-25)17-19-31-20-18-30/h3-16,25,28,31H,2,17-22H2,1H3. The highest BCUT2D eigenvalue weighted by Gasteiger charge is 2.45. The highest BCUT2D eigenvalue weighted by atomic mass is 16.5. The van der Waals surface area contributed by atoms with Crippen LogP contribution < -0.4 is 5.32 Å². The van der Waals surface area contributed by atoms with Crippen LogP contribution in [0.25, 0.3) is 11.1 Å². The molecule has 2 aliphatic heterocycles. The van der Waals surface area contributed by atoms with E-state index in [0.29, 0.717) is 6.54 Å². The molecule has 2 aliphatic rings. The van der Waals surface area contributed by atoms with Gasteiger partial charge in [-0.2, -0.15) is 0 Å². The lowest BCUT2D eigenvalue weighted by molar-refractivity contribution is -0.162. The molecule has 2 fully saturated rings. The van der Waals surface area contributed by atoms with Gasteiger partial charge in [0.2, 0.25) is 0 Å². The molecule has 176 valence electrons. The van der Waals surface area contributed by atoms with Gasteiger partial charge in [0.15, 0.2) is 0 Å². The van der Waals surface area contributed by atoms with Crippen LogP contribution in [-0.2, 0) is 4.74 Å². The summed E-state index contributed by atoms with van der Waals surface area (Å²) in [4.78, 5) is 16.2. The second-order valence-electron chi connectivity index (χ2n) is 9.55. The predicted molar refractivity (Wildman–Crippen MR) is 137 cm³/mol. The summed E-state index contributed by atoms with van der Waals surface area (Å²) >= 11 is 0. The molecule has 0 aromatic heterocycles. The molecule has 2 heterocycles. The Morgan fingerprint density at radius 1 is 0.941 bits per heavy atom. The maximum atomic E-state index is 14.1. The Kier molecular flexibility index (Phi) is 6.80. The Balaban J connectivity index is 1.48. The van der Waals surface area contributed by atoms with E-state index in [-0.39, 0.29) is 23.7 Å². The molecular formula is C30H34N2O2. The lowest BCUT2D eigenvalue weighted by atomic mass is 9.79. The molecule has 34 heavy (non-hydrogen) atoms. The zero-order valence-electron chi connectivity index (χ0n) is 20.0. The van der Waals surface area contributed by atoms with Gasteiger partial charge >= 0.3 is 0 Å². The fraction of sp³-hybridized carbons (Fsp3) is 0.367. The number of ether oxygens (including phenoxy) is 1.